The van der Waals surface area contributed by atoms with Gasteiger partial charge in [0.05, 0.1) is 25.5 Å². The van der Waals surface area contributed by atoms with Gasteiger partial charge in [-0.25, -0.2) is 13.2 Å². The van der Waals surface area contributed by atoms with Crippen molar-refractivity contribution in [3.05, 3.63) is 77.9 Å². The van der Waals surface area contributed by atoms with Gasteiger partial charge in [0, 0.05) is 11.4 Å². The predicted molar refractivity (Wildman–Crippen MR) is 116 cm³/mol. The average molecular weight is 426 g/mol. The fraction of sp³-hybridized carbons (Fsp3) is 0.136. The Balaban J connectivity index is 2.01. The summed E-state index contributed by atoms with van der Waals surface area (Å²) in [5.74, 6) is -0.0230. The third-order valence-electron chi connectivity index (χ3n) is 4.37. The molecule has 0 radical (unpaired) electrons. The van der Waals surface area contributed by atoms with Crippen LogP contribution in [0.5, 0.6) is 5.75 Å². The van der Waals surface area contributed by atoms with Gasteiger partial charge >= 0.3 is 5.97 Å². The Bertz CT molecular complexity index is 1140. The monoisotopic (exact) mass is 426 g/mol. The molecule has 0 atom stereocenters. The summed E-state index contributed by atoms with van der Waals surface area (Å²) in [6.07, 6.45) is 0. The number of ether oxygens (including phenoxy) is 2. The minimum absolute atomic E-state index is 0.0817. The summed E-state index contributed by atoms with van der Waals surface area (Å²) >= 11 is 0. The van der Waals surface area contributed by atoms with Gasteiger partial charge in [-0.05, 0) is 61.5 Å². The molecule has 0 fully saturated rings. The number of esters is 1. The summed E-state index contributed by atoms with van der Waals surface area (Å²) in [5.41, 5.74) is 2.61. The molecule has 7 nitrogen and oxygen atoms in total. The summed E-state index contributed by atoms with van der Waals surface area (Å²) in [4.78, 5) is 11.9. The van der Waals surface area contributed by atoms with Crippen LogP contribution in [0.15, 0.2) is 71.6 Å². The van der Waals surface area contributed by atoms with Crippen molar-refractivity contribution in [3.63, 3.8) is 0 Å². The maximum atomic E-state index is 13.1. The van der Waals surface area contributed by atoms with E-state index in [2.05, 4.69) is 10.0 Å². The van der Waals surface area contributed by atoms with Crippen LogP contribution in [0.3, 0.4) is 0 Å². The Labute approximate surface area is 175 Å². The number of carbonyl (C=O) groups excluding carboxylic acids is 1. The molecule has 0 saturated heterocycles. The minimum Gasteiger partial charge on any atom is -0.497 e. The molecule has 0 aliphatic heterocycles. The molecule has 30 heavy (non-hydrogen) atoms. The van der Waals surface area contributed by atoms with E-state index in [1.807, 2.05) is 31.2 Å². The average Bonchev–Trinajstić information content (AvgIpc) is 2.75. The molecule has 3 aromatic carbocycles. The van der Waals surface area contributed by atoms with E-state index in [0.29, 0.717) is 22.8 Å². The molecular formula is C22H22N2O5S. The van der Waals surface area contributed by atoms with Gasteiger partial charge in [0.1, 0.15) is 10.6 Å². The molecule has 8 heteroatoms. The van der Waals surface area contributed by atoms with Gasteiger partial charge in [0.25, 0.3) is 10.0 Å². The van der Waals surface area contributed by atoms with E-state index in [1.54, 1.807) is 24.3 Å². The van der Waals surface area contributed by atoms with Crippen LogP contribution in [0, 0.1) is 6.92 Å². The largest absolute Gasteiger partial charge is 0.497 e. The number of sulfonamides is 1. The highest BCUT2D eigenvalue weighted by Crippen LogP contribution is 2.29. The molecule has 0 unspecified atom stereocenters. The van der Waals surface area contributed by atoms with Crippen LogP contribution in [0.2, 0.25) is 0 Å². The van der Waals surface area contributed by atoms with Crippen LogP contribution in [0.1, 0.15) is 15.9 Å². The number of anilines is 3. The first-order valence-electron chi connectivity index (χ1n) is 9.05. The van der Waals surface area contributed by atoms with Crippen molar-refractivity contribution in [1.82, 2.24) is 0 Å². The second kappa shape index (κ2) is 8.87. The van der Waals surface area contributed by atoms with Crippen LogP contribution in [-0.4, -0.2) is 28.6 Å². The number of benzene rings is 3. The van der Waals surface area contributed by atoms with Crippen molar-refractivity contribution in [1.29, 1.82) is 0 Å². The highest BCUT2D eigenvalue weighted by atomic mass is 32.2. The Morgan fingerprint density at radius 1 is 0.867 bits per heavy atom. The van der Waals surface area contributed by atoms with Crippen LogP contribution < -0.4 is 14.8 Å². The second-order valence-corrected chi connectivity index (χ2v) is 8.18. The molecule has 0 aromatic heterocycles. The van der Waals surface area contributed by atoms with E-state index in [1.165, 1.54) is 32.4 Å². The molecule has 0 saturated carbocycles. The Morgan fingerprint density at radius 2 is 1.50 bits per heavy atom. The summed E-state index contributed by atoms with van der Waals surface area (Å²) in [6.45, 7) is 1.96. The Morgan fingerprint density at radius 3 is 2.10 bits per heavy atom. The Hall–Kier alpha value is -3.52. The molecular weight excluding hydrogens is 404 g/mol. The SMILES string of the molecule is COC(=O)c1ccc(Nc2ccc(C)cc2)c(S(=O)(=O)Nc2ccc(OC)cc2)c1. The summed E-state index contributed by atoms with van der Waals surface area (Å²) < 4.78 is 38.7. The quantitative estimate of drug-likeness (QED) is 0.546. The maximum Gasteiger partial charge on any atom is 0.337 e. The van der Waals surface area contributed by atoms with Crippen molar-refractivity contribution in [2.24, 2.45) is 0 Å². The predicted octanol–water partition coefficient (Wildman–Crippen LogP) is 4.33. The molecule has 0 heterocycles. The van der Waals surface area contributed by atoms with Crippen LogP contribution >= 0.6 is 0 Å². The lowest BCUT2D eigenvalue weighted by Gasteiger charge is -2.15. The van der Waals surface area contributed by atoms with Crippen molar-refractivity contribution < 1.29 is 22.7 Å². The second-order valence-electron chi connectivity index (χ2n) is 6.53. The number of aryl methyl sites for hydroxylation is 1. The molecule has 0 aliphatic carbocycles. The molecule has 0 spiro atoms. The number of carbonyl (C=O) groups is 1. The van der Waals surface area contributed by atoms with Crippen LogP contribution in [0.4, 0.5) is 17.1 Å². The first-order chi connectivity index (χ1) is 14.3. The molecule has 156 valence electrons. The Kier molecular flexibility index (Phi) is 6.27. The highest BCUT2D eigenvalue weighted by Gasteiger charge is 2.22. The minimum atomic E-state index is -4.02. The third-order valence-corrected chi connectivity index (χ3v) is 5.79. The zero-order valence-corrected chi connectivity index (χ0v) is 17.6. The van der Waals surface area contributed by atoms with E-state index in [9.17, 15) is 13.2 Å². The molecule has 0 amide bonds. The maximum absolute atomic E-state index is 13.1. The van der Waals surface area contributed by atoms with E-state index < -0.39 is 16.0 Å². The number of methoxy groups -OCH3 is 2. The molecule has 3 aromatic rings. The van der Waals surface area contributed by atoms with Gasteiger partial charge in [0.2, 0.25) is 0 Å². The normalized spacial score (nSPS) is 10.9. The summed E-state index contributed by atoms with van der Waals surface area (Å²) in [5, 5.41) is 3.10. The molecule has 0 bridgehead atoms. The number of nitrogens with one attached hydrogen (secondary N) is 2. The van der Waals surface area contributed by atoms with Gasteiger partial charge in [-0.1, -0.05) is 17.7 Å². The number of rotatable bonds is 7. The van der Waals surface area contributed by atoms with Gasteiger partial charge in [-0.2, -0.15) is 0 Å². The first-order valence-corrected chi connectivity index (χ1v) is 10.5. The number of hydrogen-bond donors (Lipinski definition) is 2. The van der Waals surface area contributed by atoms with Crippen molar-refractivity contribution in [2.45, 2.75) is 11.8 Å². The van der Waals surface area contributed by atoms with Crippen molar-refractivity contribution in [3.8, 4) is 5.75 Å². The van der Waals surface area contributed by atoms with Crippen molar-refractivity contribution in [2.75, 3.05) is 24.3 Å². The molecule has 2 N–H and O–H groups in total. The standard InChI is InChI=1S/C22H22N2O5S/c1-15-4-7-17(8-5-15)23-20-13-6-16(22(25)29-3)14-21(20)30(26,27)24-18-9-11-19(28-2)12-10-18/h4-14,23-24H,1-3H3. The van der Waals surface area contributed by atoms with E-state index in [0.717, 1.165) is 5.56 Å². The van der Waals surface area contributed by atoms with E-state index in [4.69, 9.17) is 9.47 Å². The smallest absolute Gasteiger partial charge is 0.337 e. The fourth-order valence-electron chi connectivity index (χ4n) is 2.75. The zero-order chi connectivity index (χ0) is 21.7. The number of hydrogen-bond acceptors (Lipinski definition) is 6. The third kappa shape index (κ3) is 4.90. The summed E-state index contributed by atoms with van der Waals surface area (Å²) in [7, 11) is -1.25. The van der Waals surface area contributed by atoms with E-state index >= 15 is 0 Å². The van der Waals surface area contributed by atoms with E-state index in [-0.39, 0.29) is 10.5 Å². The zero-order valence-electron chi connectivity index (χ0n) is 16.8. The molecule has 3 rings (SSSR count). The fourth-order valence-corrected chi connectivity index (χ4v) is 4.00. The van der Waals surface area contributed by atoms with Gasteiger partial charge < -0.3 is 14.8 Å². The lowest BCUT2D eigenvalue weighted by molar-refractivity contribution is 0.0600. The molecule has 0 aliphatic rings. The van der Waals surface area contributed by atoms with Gasteiger partial charge in [-0.15, -0.1) is 0 Å². The lowest BCUT2D eigenvalue weighted by Crippen LogP contribution is -2.16. The van der Waals surface area contributed by atoms with Crippen LogP contribution in [-0.2, 0) is 14.8 Å². The highest BCUT2D eigenvalue weighted by molar-refractivity contribution is 7.92. The van der Waals surface area contributed by atoms with Crippen LogP contribution in [0.25, 0.3) is 0 Å². The lowest BCUT2D eigenvalue weighted by atomic mass is 10.2. The van der Waals surface area contributed by atoms with Gasteiger partial charge in [-0.3, -0.25) is 4.72 Å². The van der Waals surface area contributed by atoms with Crippen molar-refractivity contribution >= 4 is 33.1 Å². The first kappa shape index (κ1) is 21.2. The van der Waals surface area contributed by atoms with Gasteiger partial charge in [0.15, 0.2) is 0 Å². The topological polar surface area (TPSA) is 93.7 Å². The summed E-state index contributed by atoms with van der Waals surface area (Å²) in [6, 6.07) is 18.3.